The minimum Gasteiger partial charge on any atom is -0.463 e. The molecule has 2 nitrogen and oxygen atoms in total. The normalized spacial score (nSPS) is 10.2. The zero-order valence-electron chi connectivity index (χ0n) is 8.52. The molecule has 0 bridgehead atoms. The van der Waals surface area contributed by atoms with Crippen molar-refractivity contribution in [1.29, 1.82) is 0 Å². The molecule has 0 spiro atoms. The highest BCUT2D eigenvalue weighted by atomic mass is 16.5. The number of rotatable bonds is 4. The number of esters is 1. The first-order chi connectivity index (χ1) is 6.22. The van der Waals surface area contributed by atoms with Gasteiger partial charge >= 0.3 is 5.97 Å². The van der Waals surface area contributed by atoms with Crippen molar-refractivity contribution in [3.8, 4) is 11.8 Å². The fourth-order valence-electron chi connectivity index (χ4n) is 0.814. The Morgan fingerprint density at radius 3 is 2.77 bits per heavy atom. The lowest BCUT2D eigenvalue weighted by Crippen LogP contribution is -2.04. The highest BCUT2D eigenvalue weighted by molar-refractivity contribution is 5.87. The molecule has 72 valence electrons. The van der Waals surface area contributed by atoms with E-state index in [9.17, 15) is 4.79 Å². The van der Waals surface area contributed by atoms with Crippen LogP contribution in [0.25, 0.3) is 0 Å². The summed E-state index contributed by atoms with van der Waals surface area (Å²) in [6.45, 7) is 5.80. The summed E-state index contributed by atoms with van der Waals surface area (Å²) in [5, 5.41) is 0. The van der Waals surface area contributed by atoms with E-state index in [2.05, 4.69) is 11.8 Å². The van der Waals surface area contributed by atoms with Crippen molar-refractivity contribution in [1.82, 2.24) is 0 Å². The van der Waals surface area contributed by atoms with Crippen LogP contribution < -0.4 is 0 Å². The summed E-state index contributed by atoms with van der Waals surface area (Å²) < 4.78 is 4.82. The van der Waals surface area contributed by atoms with Gasteiger partial charge < -0.3 is 4.74 Å². The molecular formula is C11H16O2. The van der Waals surface area contributed by atoms with Gasteiger partial charge in [-0.25, -0.2) is 4.79 Å². The molecule has 0 heterocycles. The lowest BCUT2D eigenvalue weighted by atomic mass is 10.2. The third kappa shape index (κ3) is 5.98. The predicted molar refractivity (Wildman–Crippen MR) is 53.1 cm³/mol. The van der Waals surface area contributed by atoms with E-state index in [-0.39, 0.29) is 5.97 Å². The lowest BCUT2D eigenvalue weighted by molar-refractivity contribution is -0.138. The fourth-order valence-corrected chi connectivity index (χ4v) is 0.814. The molecule has 0 atom stereocenters. The molecule has 0 aromatic heterocycles. The molecule has 0 rings (SSSR count). The monoisotopic (exact) mass is 180 g/mol. The van der Waals surface area contributed by atoms with E-state index in [4.69, 9.17) is 4.74 Å². The second-order valence-electron chi connectivity index (χ2n) is 2.57. The average molecular weight is 180 g/mol. The van der Waals surface area contributed by atoms with E-state index < -0.39 is 0 Å². The van der Waals surface area contributed by atoms with Crippen molar-refractivity contribution >= 4 is 5.97 Å². The molecule has 0 amide bonds. The van der Waals surface area contributed by atoms with Crippen molar-refractivity contribution in [2.75, 3.05) is 6.61 Å². The van der Waals surface area contributed by atoms with Crippen molar-refractivity contribution in [3.63, 3.8) is 0 Å². The zero-order valence-corrected chi connectivity index (χ0v) is 8.52. The van der Waals surface area contributed by atoms with E-state index in [0.717, 1.165) is 12.8 Å². The van der Waals surface area contributed by atoms with Crippen LogP contribution in [0.2, 0.25) is 0 Å². The number of unbranched alkanes of at least 4 members (excludes halogenated alkanes) is 1. The van der Waals surface area contributed by atoms with E-state index in [0.29, 0.717) is 12.2 Å². The Morgan fingerprint density at radius 1 is 1.54 bits per heavy atom. The summed E-state index contributed by atoms with van der Waals surface area (Å²) >= 11 is 0. The van der Waals surface area contributed by atoms with Gasteiger partial charge in [0.2, 0.25) is 0 Å². The van der Waals surface area contributed by atoms with Crippen LogP contribution in [0.5, 0.6) is 0 Å². The highest BCUT2D eigenvalue weighted by Gasteiger charge is 2.02. The molecular weight excluding hydrogens is 164 g/mol. The SMILES string of the molecule is CC#CCCC=C(C)C(=O)OCC. The van der Waals surface area contributed by atoms with E-state index in [1.807, 2.05) is 13.0 Å². The minimum atomic E-state index is -0.230. The number of carbonyl (C=O) groups is 1. The molecule has 0 N–H and O–H groups in total. The van der Waals surface area contributed by atoms with Crippen molar-refractivity contribution < 1.29 is 9.53 Å². The van der Waals surface area contributed by atoms with Gasteiger partial charge in [0, 0.05) is 12.0 Å². The highest BCUT2D eigenvalue weighted by Crippen LogP contribution is 2.00. The van der Waals surface area contributed by atoms with Gasteiger partial charge in [0.25, 0.3) is 0 Å². The van der Waals surface area contributed by atoms with Gasteiger partial charge in [0.05, 0.1) is 6.61 Å². The van der Waals surface area contributed by atoms with Crippen molar-refractivity contribution in [2.24, 2.45) is 0 Å². The van der Waals surface area contributed by atoms with Crippen LogP contribution in [-0.2, 0) is 9.53 Å². The molecule has 0 radical (unpaired) electrons. The van der Waals surface area contributed by atoms with Gasteiger partial charge in [-0.2, -0.15) is 0 Å². The summed E-state index contributed by atoms with van der Waals surface area (Å²) in [6, 6.07) is 0. The predicted octanol–water partition coefficient (Wildman–Crippen LogP) is 2.30. The number of carbonyl (C=O) groups excluding carboxylic acids is 1. The summed E-state index contributed by atoms with van der Waals surface area (Å²) in [5.74, 6) is 5.50. The summed E-state index contributed by atoms with van der Waals surface area (Å²) in [4.78, 5) is 11.1. The maximum atomic E-state index is 11.1. The van der Waals surface area contributed by atoms with Crippen molar-refractivity contribution in [3.05, 3.63) is 11.6 Å². The fraction of sp³-hybridized carbons (Fsp3) is 0.545. The van der Waals surface area contributed by atoms with Gasteiger partial charge in [-0.15, -0.1) is 11.8 Å². The largest absolute Gasteiger partial charge is 0.463 e. The van der Waals surface area contributed by atoms with Crippen LogP contribution in [0.4, 0.5) is 0 Å². The Hall–Kier alpha value is -1.23. The molecule has 0 unspecified atom stereocenters. The number of hydrogen-bond donors (Lipinski definition) is 0. The topological polar surface area (TPSA) is 26.3 Å². The van der Waals surface area contributed by atoms with Gasteiger partial charge in [-0.3, -0.25) is 0 Å². The van der Waals surface area contributed by atoms with E-state index >= 15 is 0 Å². The van der Waals surface area contributed by atoms with Crippen LogP contribution in [0.15, 0.2) is 11.6 Å². The Bertz CT molecular complexity index is 241. The van der Waals surface area contributed by atoms with Gasteiger partial charge in [0.15, 0.2) is 0 Å². The molecule has 13 heavy (non-hydrogen) atoms. The quantitative estimate of drug-likeness (QED) is 0.287. The van der Waals surface area contributed by atoms with Crippen LogP contribution >= 0.6 is 0 Å². The number of hydrogen-bond acceptors (Lipinski definition) is 2. The second kappa shape index (κ2) is 7.42. The first-order valence-corrected chi connectivity index (χ1v) is 4.45. The standard InChI is InChI=1S/C11H16O2/c1-4-6-7-8-9-10(3)11(12)13-5-2/h9H,5,7-8H2,1-3H3. The minimum absolute atomic E-state index is 0.230. The second-order valence-corrected chi connectivity index (χ2v) is 2.57. The first kappa shape index (κ1) is 11.8. The van der Waals surface area contributed by atoms with E-state index in [1.54, 1.807) is 13.8 Å². The molecule has 0 aliphatic carbocycles. The van der Waals surface area contributed by atoms with Crippen LogP contribution in [0, 0.1) is 11.8 Å². The Balaban J connectivity index is 3.84. The molecule has 0 saturated carbocycles. The summed E-state index contributed by atoms with van der Waals surface area (Å²) in [6.07, 6.45) is 3.47. The van der Waals surface area contributed by atoms with Gasteiger partial charge in [0.1, 0.15) is 0 Å². The van der Waals surface area contributed by atoms with Crippen LogP contribution in [0.3, 0.4) is 0 Å². The Labute approximate surface area is 80.0 Å². The average Bonchev–Trinajstić information content (AvgIpc) is 2.12. The molecule has 0 aliphatic rings. The zero-order chi connectivity index (χ0) is 10.1. The Kier molecular flexibility index (Phi) is 6.72. The molecule has 0 aliphatic heterocycles. The summed E-state index contributed by atoms with van der Waals surface area (Å²) in [7, 11) is 0. The van der Waals surface area contributed by atoms with Gasteiger partial charge in [-0.05, 0) is 27.2 Å². The first-order valence-electron chi connectivity index (χ1n) is 4.45. The number of allylic oxidation sites excluding steroid dienone is 1. The molecule has 0 saturated heterocycles. The lowest BCUT2D eigenvalue weighted by Gasteiger charge is -2.00. The molecule has 0 aromatic carbocycles. The van der Waals surface area contributed by atoms with Crippen LogP contribution in [-0.4, -0.2) is 12.6 Å². The number of ether oxygens (including phenoxy) is 1. The maximum absolute atomic E-state index is 11.1. The summed E-state index contributed by atoms with van der Waals surface area (Å²) in [5.41, 5.74) is 0.666. The van der Waals surface area contributed by atoms with E-state index in [1.165, 1.54) is 0 Å². The Morgan fingerprint density at radius 2 is 2.23 bits per heavy atom. The smallest absolute Gasteiger partial charge is 0.333 e. The molecule has 0 aromatic rings. The molecule has 2 heteroatoms. The molecule has 0 fully saturated rings. The van der Waals surface area contributed by atoms with Crippen molar-refractivity contribution in [2.45, 2.75) is 33.6 Å². The maximum Gasteiger partial charge on any atom is 0.333 e. The third-order valence-corrected chi connectivity index (χ3v) is 1.49. The third-order valence-electron chi connectivity index (χ3n) is 1.49. The van der Waals surface area contributed by atoms with Gasteiger partial charge in [-0.1, -0.05) is 6.08 Å². The van der Waals surface area contributed by atoms with Crippen LogP contribution in [0.1, 0.15) is 33.6 Å².